The first kappa shape index (κ1) is 10.8. The molecule has 2 nitrogen and oxygen atoms in total. The second-order valence-corrected chi connectivity index (χ2v) is 2.08. The molecule has 0 amide bonds. The summed E-state index contributed by atoms with van der Waals surface area (Å²) in [4.78, 5) is 0. The van der Waals surface area contributed by atoms with E-state index in [1.54, 1.807) is 0 Å². The molecule has 0 radical (unpaired) electrons. The summed E-state index contributed by atoms with van der Waals surface area (Å²) in [5, 5.41) is 0. The highest BCUT2D eigenvalue weighted by Crippen LogP contribution is 1.92. The highest BCUT2D eigenvalue weighted by molar-refractivity contribution is 4.34. The van der Waals surface area contributed by atoms with E-state index in [1.807, 2.05) is 6.92 Å². The summed E-state index contributed by atoms with van der Waals surface area (Å²) >= 11 is 0. The van der Waals surface area contributed by atoms with Gasteiger partial charge in [-0.2, -0.15) is 0 Å². The van der Waals surface area contributed by atoms with E-state index in [0.29, 0.717) is 13.2 Å². The van der Waals surface area contributed by atoms with Gasteiger partial charge in [-0.3, -0.25) is 0 Å². The summed E-state index contributed by atoms with van der Waals surface area (Å²) < 4.78 is 32.5. The first-order valence-electron chi connectivity index (χ1n) is 3.71. The zero-order chi connectivity index (χ0) is 8.53. The highest BCUT2D eigenvalue weighted by Gasteiger charge is 2.00. The predicted molar refractivity (Wildman–Crippen MR) is 37.9 cm³/mol. The van der Waals surface area contributed by atoms with Crippen LogP contribution in [0.1, 0.15) is 13.3 Å². The molecule has 68 valence electrons. The molecular weight excluding hydrogens is 154 g/mol. The summed E-state index contributed by atoms with van der Waals surface area (Å²) in [6.45, 7) is 2.82. The molecule has 0 aliphatic carbocycles. The van der Waals surface area contributed by atoms with Crippen molar-refractivity contribution < 1.29 is 18.3 Å². The average molecular weight is 168 g/mol. The van der Waals surface area contributed by atoms with Gasteiger partial charge in [0, 0.05) is 6.61 Å². The Kier molecular flexibility index (Phi) is 7.72. The monoisotopic (exact) mass is 168 g/mol. The Bertz CT molecular complexity index is 78.8. The van der Waals surface area contributed by atoms with Crippen LogP contribution in [0.15, 0.2) is 0 Å². The maximum Gasteiger partial charge on any atom is 0.261 e. The van der Waals surface area contributed by atoms with Crippen LogP contribution in [0.3, 0.4) is 0 Å². The van der Waals surface area contributed by atoms with Crippen molar-refractivity contribution in [3.63, 3.8) is 0 Å². The topological polar surface area (TPSA) is 18.5 Å². The molecule has 0 atom stereocenters. The maximum absolute atomic E-state index is 11.4. The van der Waals surface area contributed by atoms with Gasteiger partial charge in [0.1, 0.15) is 6.61 Å². The third kappa shape index (κ3) is 9.78. The van der Waals surface area contributed by atoms with Crippen LogP contribution >= 0.6 is 0 Å². The second-order valence-electron chi connectivity index (χ2n) is 2.08. The molecule has 0 aromatic rings. The molecule has 0 N–H and O–H groups in total. The number of rotatable bonds is 7. The van der Waals surface area contributed by atoms with Gasteiger partial charge in [-0.1, -0.05) is 6.92 Å². The molecule has 11 heavy (non-hydrogen) atoms. The maximum atomic E-state index is 11.4. The summed E-state index contributed by atoms with van der Waals surface area (Å²) in [5.74, 6) is 0. The average Bonchev–Trinajstić information content (AvgIpc) is 1.96. The highest BCUT2D eigenvalue weighted by atomic mass is 19.3. The molecule has 0 spiro atoms. The number of hydrogen-bond donors (Lipinski definition) is 0. The Morgan fingerprint density at radius 2 is 1.73 bits per heavy atom. The fraction of sp³-hybridized carbons (Fsp3) is 1.00. The summed E-state index contributed by atoms with van der Waals surface area (Å²) in [6.07, 6.45) is -1.43. The number of alkyl halides is 2. The molecule has 0 unspecified atom stereocenters. The third-order valence-corrected chi connectivity index (χ3v) is 0.964. The Morgan fingerprint density at radius 1 is 1.09 bits per heavy atom. The molecule has 0 heterocycles. The fourth-order valence-electron chi connectivity index (χ4n) is 0.537. The molecule has 0 fully saturated rings. The molecule has 0 aliphatic heterocycles. The first-order chi connectivity index (χ1) is 5.27. The van der Waals surface area contributed by atoms with E-state index in [2.05, 4.69) is 4.74 Å². The van der Waals surface area contributed by atoms with E-state index < -0.39 is 13.0 Å². The van der Waals surface area contributed by atoms with Crippen molar-refractivity contribution in [3.8, 4) is 0 Å². The molecule has 0 aromatic carbocycles. The Morgan fingerprint density at radius 3 is 2.27 bits per heavy atom. The molecule has 0 saturated carbocycles. The molecule has 0 rings (SSSR count). The minimum absolute atomic E-state index is 0.254. The zero-order valence-corrected chi connectivity index (χ0v) is 6.69. The van der Waals surface area contributed by atoms with Gasteiger partial charge in [0.05, 0.1) is 13.2 Å². The van der Waals surface area contributed by atoms with Crippen molar-refractivity contribution in [2.75, 3.05) is 26.4 Å². The van der Waals surface area contributed by atoms with Crippen LogP contribution in [0.2, 0.25) is 0 Å². The quantitative estimate of drug-likeness (QED) is 0.538. The molecule has 0 saturated heterocycles. The van der Waals surface area contributed by atoms with Crippen LogP contribution in [0.25, 0.3) is 0 Å². The minimum Gasteiger partial charge on any atom is -0.379 e. The fourth-order valence-corrected chi connectivity index (χ4v) is 0.537. The van der Waals surface area contributed by atoms with E-state index in [9.17, 15) is 8.78 Å². The Hall–Kier alpha value is -0.220. The van der Waals surface area contributed by atoms with Crippen LogP contribution in [-0.4, -0.2) is 32.9 Å². The van der Waals surface area contributed by atoms with Crippen molar-refractivity contribution in [1.29, 1.82) is 0 Å². The van der Waals surface area contributed by atoms with Crippen LogP contribution in [0.5, 0.6) is 0 Å². The van der Waals surface area contributed by atoms with E-state index in [0.717, 1.165) is 6.42 Å². The standard InChI is InChI=1S/C7H14F2O2/c1-2-3-10-4-5-11-6-7(8)9/h7H,2-6H2,1H3. The smallest absolute Gasteiger partial charge is 0.261 e. The summed E-state index contributed by atoms with van der Waals surface area (Å²) in [6, 6.07) is 0. The molecule has 4 heteroatoms. The lowest BCUT2D eigenvalue weighted by Gasteiger charge is -2.03. The van der Waals surface area contributed by atoms with Crippen LogP contribution < -0.4 is 0 Å². The lowest BCUT2D eigenvalue weighted by molar-refractivity contribution is -0.00894. The van der Waals surface area contributed by atoms with Gasteiger partial charge >= 0.3 is 0 Å². The Labute approximate surface area is 65.5 Å². The number of halogens is 2. The van der Waals surface area contributed by atoms with Crippen LogP contribution in [0, 0.1) is 0 Å². The van der Waals surface area contributed by atoms with Crippen LogP contribution in [0.4, 0.5) is 8.78 Å². The molecular formula is C7H14F2O2. The number of ether oxygens (including phenoxy) is 2. The first-order valence-corrected chi connectivity index (χ1v) is 3.71. The largest absolute Gasteiger partial charge is 0.379 e. The summed E-state index contributed by atoms with van der Waals surface area (Å²) in [5.41, 5.74) is 0. The normalized spacial score (nSPS) is 10.9. The number of hydrogen-bond acceptors (Lipinski definition) is 2. The van der Waals surface area contributed by atoms with Crippen molar-refractivity contribution in [1.82, 2.24) is 0 Å². The van der Waals surface area contributed by atoms with Gasteiger partial charge in [0.2, 0.25) is 0 Å². The third-order valence-electron chi connectivity index (χ3n) is 0.964. The van der Waals surface area contributed by atoms with Crippen molar-refractivity contribution in [3.05, 3.63) is 0 Å². The van der Waals surface area contributed by atoms with Gasteiger partial charge < -0.3 is 9.47 Å². The summed E-state index contributed by atoms with van der Waals surface area (Å²) in [7, 11) is 0. The minimum atomic E-state index is -2.37. The van der Waals surface area contributed by atoms with Crippen molar-refractivity contribution in [2.24, 2.45) is 0 Å². The lowest BCUT2D eigenvalue weighted by atomic mass is 10.5. The van der Waals surface area contributed by atoms with E-state index in [4.69, 9.17) is 4.74 Å². The van der Waals surface area contributed by atoms with Gasteiger partial charge in [0.15, 0.2) is 0 Å². The van der Waals surface area contributed by atoms with Gasteiger partial charge in [-0.15, -0.1) is 0 Å². The molecule has 0 bridgehead atoms. The van der Waals surface area contributed by atoms with Gasteiger partial charge in [-0.25, -0.2) is 8.78 Å². The molecule has 0 aliphatic rings. The lowest BCUT2D eigenvalue weighted by Crippen LogP contribution is -2.10. The Balaban J connectivity index is 2.80. The van der Waals surface area contributed by atoms with Gasteiger partial charge in [0.25, 0.3) is 6.43 Å². The van der Waals surface area contributed by atoms with Gasteiger partial charge in [-0.05, 0) is 6.42 Å². The second kappa shape index (κ2) is 7.88. The zero-order valence-electron chi connectivity index (χ0n) is 6.69. The molecule has 0 aromatic heterocycles. The van der Waals surface area contributed by atoms with Crippen molar-refractivity contribution >= 4 is 0 Å². The van der Waals surface area contributed by atoms with Crippen LogP contribution in [-0.2, 0) is 9.47 Å². The predicted octanol–water partition coefficient (Wildman–Crippen LogP) is 1.69. The SMILES string of the molecule is CCCOCCOCC(F)F. The van der Waals surface area contributed by atoms with E-state index >= 15 is 0 Å². The van der Waals surface area contributed by atoms with E-state index in [-0.39, 0.29) is 6.61 Å². The van der Waals surface area contributed by atoms with E-state index in [1.165, 1.54) is 0 Å². The van der Waals surface area contributed by atoms with Crippen molar-refractivity contribution in [2.45, 2.75) is 19.8 Å².